The minimum absolute atomic E-state index is 0.00860. The molecule has 3 rings (SSSR count). The van der Waals surface area contributed by atoms with E-state index in [2.05, 4.69) is 4.98 Å². The number of rotatable bonds is 4. The lowest BCUT2D eigenvalue weighted by atomic mass is 10.2. The highest BCUT2D eigenvalue weighted by Gasteiger charge is 2.33. The topological polar surface area (TPSA) is 87.6 Å². The van der Waals surface area contributed by atoms with Crippen LogP contribution in [0.4, 0.5) is 19.0 Å². The predicted octanol–water partition coefficient (Wildman–Crippen LogP) is 2.67. The summed E-state index contributed by atoms with van der Waals surface area (Å²) in [5, 5.41) is -0.169. The lowest BCUT2D eigenvalue weighted by Gasteiger charge is -2.35. The predicted molar refractivity (Wildman–Crippen MR) is 105 cm³/mol. The largest absolute Gasteiger partial charge is 0.417 e. The fourth-order valence-corrected chi connectivity index (χ4v) is 5.31. The number of sulfonamides is 1. The van der Waals surface area contributed by atoms with Crippen LogP contribution in [0.15, 0.2) is 46.3 Å². The van der Waals surface area contributed by atoms with Gasteiger partial charge in [-0.25, -0.2) is 21.8 Å². The van der Waals surface area contributed by atoms with Gasteiger partial charge >= 0.3 is 6.18 Å². The SMILES string of the molecule is CS(=O)(=O)c1ccc(S(=O)(=O)N2CCN(c3ncc(C(F)(F)F)cc3Cl)CC2)cc1. The molecule has 1 aromatic heterocycles. The molecule has 1 aromatic carbocycles. The number of aromatic nitrogens is 1. The molecule has 30 heavy (non-hydrogen) atoms. The summed E-state index contributed by atoms with van der Waals surface area (Å²) in [7, 11) is -7.31. The van der Waals surface area contributed by atoms with Crippen LogP contribution in [0.2, 0.25) is 5.02 Å². The Morgan fingerprint density at radius 1 is 0.967 bits per heavy atom. The van der Waals surface area contributed by atoms with Gasteiger partial charge in [-0.1, -0.05) is 11.6 Å². The minimum Gasteiger partial charge on any atom is -0.353 e. The molecular weight excluding hydrogens is 467 g/mol. The Hall–Kier alpha value is -1.89. The monoisotopic (exact) mass is 483 g/mol. The second-order valence-corrected chi connectivity index (χ2v) is 11.0. The van der Waals surface area contributed by atoms with Crippen molar-refractivity contribution >= 4 is 37.3 Å². The van der Waals surface area contributed by atoms with E-state index in [0.29, 0.717) is 6.20 Å². The van der Waals surface area contributed by atoms with Crippen molar-refractivity contribution in [3.8, 4) is 0 Å². The van der Waals surface area contributed by atoms with Gasteiger partial charge in [0.25, 0.3) is 0 Å². The maximum absolute atomic E-state index is 12.8. The first kappa shape index (κ1) is 22.8. The number of sulfone groups is 1. The van der Waals surface area contributed by atoms with Crippen LogP contribution in [0.3, 0.4) is 0 Å². The van der Waals surface area contributed by atoms with E-state index in [1.807, 2.05) is 0 Å². The normalized spacial score (nSPS) is 16.6. The molecule has 1 fully saturated rings. The zero-order valence-electron chi connectivity index (χ0n) is 15.6. The Labute approximate surface area is 177 Å². The van der Waals surface area contributed by atoms with Crippen molar-refractivity contribution in [1.29, 1.82) is 0 Å². The summed E-state index contributed by atoms with van der Waals surface area (Å²) in [5.41, 5.74) is -0.963. The van der Waals surface area contributed by atoms with Gasteiger partial charge in [0.15, 0.2) is 9.84 Å². The molecule has 0 unspecified atom stereocenters. The molecule has 13 heteroatoms. The molecule has 164 valence electrons. The molecule has 7 nitrogen and oxygen atoms in total. The van der Waals surface area contributed by atoms with Crippen LogP contribution in [-0.2, 0) is 26.0 Å². The van der Waals surface area contributed by atoms with Gasteiger partial charge in [0.2, 0.25) is 10.0 Å². The quantitative estimate of drug-likeness (QED) is 0.664. The van der Waals surface area contributed by atoms with Gasteiger partial charge in [-0.15, -0.1) is 0 Å². The van der Waals surface area contributed by atoms with Crippen LogP contribution in [0.5, 0.6) is 0 Å². The van der Waals surface area contributed by atoms with E-state index in [1.54, 1.807) is 4.90 Å². The summed E-state index contributed by atoms with van der Waals surface area (Å²) in [5.74, 6) is 0.152. The summed E-state index contributed by atoms with van der Waals surface area (Å²) in [6.45, 7) is 0.488. The molecule has 0 aliphatic carbocycles. The maximum Gasteiger partial charge on any atom is 0.417 e. The van der Waals surface area contributed by atoms with Crippen LogP contribution >= 0.6 is 11.6 Å². The summed E-state index contributed by atoms with van der Waals surface area (Å²) < 4.78 is 88.1. The molecule has 0 amide bonds. The van der Waals surface area contributed by atoms with Gasteiger partial charge < -0.3 is 4.90 Å². The fourth-order valence-electron chi connectivity index (χ4n) is 2.97. The highest BCUT2D eigenvalue weighted by Crippen LogP contribution is 2.34. The number of piperazine rings is 1. The number of nitrogens with zero attached hydrogens (tertiary/aromatic N) is 3. The first-order valence-electron chi connectivity index (χ1n) is 8.58. The highest BCUT2D eigenvalue weighted by atomic mass is 35.5. The number of halogens is 4. The lowest BCUT2D eigenvalue weighted by molar-refractivity contribution is -0.137. The van der Waals surface area contributed by atoms with Crippen LogP contribution in [0.1, 0.15) is 5.56 Å². The van der Waals surface area contributed by atoms with Crippen LogP contribution < -0.4 is 4.90 Å². The van der Waals surface area contributed by atoms with E-state index in [0.717, 1.165) is 12.3 Å². The van der Waals surface area contributed by atoms with Crippen molar-refractivity contribution < 1.29 is 30.0 Å². The second kappa shape index (κ2) is 7.98. The average Bonchev–Trinajstić information content (AvgIpc) is 2.67. The standard InChI is InChI=1S/C17H17ClF3N3O4S2/c1-29(25,26)13-2-4-14(5-3-13)30(27,28)24-8-6-23(7-9-24)16-15(18)10-12(11-22-16)17(19,20)21/h2-5,10-11H,6-9H2,1H3. The number of hydrogen-bond donors (Lipinski definition) is 0. The fraction of sp³-hybridized carbons (Fsp3) is 0.353. The van der Waals surface area contributed by atoms with Crippen LogP contribution in [-0.4, -0.2) is 58.6 Å². The molecule has 0 spiro atoms. The van der Waals surface area contributed by atoms with Gasteiger partial charge in [-0.3, -0.25) is 0 Å². The van der Waals surface area contributed by atoms with Crippen molar-refractivity contribution in [3.63, 3.8) is 0 Å². The molecule has 1 saturated heterocycles. The summed E-state index contributed by atoms with van der Waals surface area (Å²) in [4.78, 5) is 5.37. The minimum atomic E-state index is -4.56. The van der Waals surface area contributed by atoms with Crippen molar-refractivity contribution in [2.75, 3.05) is 37.3 Å². The first-order chi connectivity index (χ1) is 13.8. The molecule has 0 saturated carbocycles. The van der Waals surface area contributed by atoms with E-state index in [4.69, 9.17) is 11.6 Å². The number of benzene rings is 1. The van der Waals surface area contributed by atoms with Gasteiger partial charge in [0.1, 0.15) is 5.82 Å². The number of anilines is 1. The zero-order chi connectivity index (χ0) is 22.3. The first-order valence-corrected chi connectivity index (χ1v) is 12.3. The van der Waals surface area contributed by atoms with E-state index in [1.165, 1.54) is 28.6 Å². The van der Waals surface area contributed by atoms with E-state index >= 15 is 0 Å². The van der Waals surface area contributed by atoms with Crippen molar-refractivity contribution in [2.45, 2.75) is 16.0 Å². The van der Waals surface area contributed by atoms with E-state index in [9.17, 15) is 30.0 Å². The molecular formula is C17H17ClF3N3O4S2. The number of alkyl halides is 3. The van der Waals surface area contributed by atoms with E-state index < -0.39 is 31.6 Å². The van der Waals surface area contributed by atoms with Crippen LogP contribution in [0.25, 0.3) is 0 Å². The number of hydrogen-bond acceptors (Lipinski definition) is 6. The molecule has 0 bridgehead atoms. The van der Waals surface area contributed by atoms with E-state index in [-0.39, 0.29) is 46.8 Å². The molecule has 1 aliphatic rings. The lowest BCUT2D eigenvalue weighted by Crippen LogP contribution is -2.49. The van der Waals surface area contributed by atoms with Crippen molar-refractivity contribution in [1.82, 2.24) is 9.29 Å². The van der Waals surface area contributed by atoms with Crippen LogP contribution in [0, 0.1) is 0 Å². The molecule has 2 aromatic rings. The molecule has 0 radical (unpaired) electrons. The van der Waals surface area contributed by atoms with Gasteiger partial charge in [0, 0.05) is 38.6 Å². The van der Waals surface area contributed by atoms with Crippen molar-refractivity contribution in [2.24, 2.45) is 0 Å². The Balaban J connectivity index is 1.73. The van der Waals surface area contributed by atoms with Crippen molar-refractivity contribution in [3.05, 3.63) is 47.1 Å². The third-order valence-electron chi connectivity index (χ3n) is 4.58. The second-order valence-electron chi connectivity index (χ2n) is 6.66. The van der Waals surface area contributed by atoms with Gasteiger partial charge in [-0.2, -0.15) is 17.5 Å². The molecule has 0 N–H and O–H groups in total. The van der Waals surface area contributed by atoms with Gasteiger partial charge in [-0.05, 0) is 30.3 Å². The summed E-state index contributed by atoms with van der Waals surface area (Å²) in [6.07, 6.45) is -2.85. The third kappa shape index (κ3) is 4.71. The third-order valence-corrected chi connectivity index (χ3v) is 7.90. The number of pyridine rings is 1. The average molecular weight is 484 g/mol. The Kier molecular flexibility index (Phi) is 6.07. The zero-order valence-corrected chi connectivity index (χ0v) is 18.0. The van der Waals surface area contributed by atoms with Gasteiger partial charge in [0.05, 0.1) is 20.4 Å². The maximum atomic E-state index is 12.8. The Morgan fingerprint density at radius 2 is 1.50 bits per heavy atom. The molecule has 0 atom stereocenters. The molecule has 2 heterocycles. The highest BCUT2D eigenvalue weighted by molar-refractivity contribution is 7.90. The summed E-state index contributed by atoms with van der Waals surface area (Å²) >= 11 is 5.96. The summed E-state index contributed by atoms with van der Waals surface area (Å²) in [6, 6.07) is 5.70. The smallest absolute Gasteiger partial charge is 0.353 e. The Morgan fingerprint density at radius 3 is 1.97 bits per heavy atom. The molecule has 1 aliphatic heterocycles. The Bertz CT molecular complexity index is 1150.